The molecular formula is C22H26N2O3. The van der Waals surface area contributed by atoms with Gasteiger partial charge in [0.2, 0.25) is 11.8 Å². The highest BCUT2D eigenvalue weighted by Crippen LogP contribution is 2.25. The quantitative estimate of drug-likeness (QED) is 0.852. The Kier molecular flexibility index (Phi) is 6.47. The summed E-state index contributed by atoms with van der Waals surface area (Å²) >= 11 is 0. The van der Waals surface area contributed by atoms with Gasteiger partial charge in [-0.2, -0.15) is 0 Å². The fourth-order valence-electron chi connectivity index (χ4n) is 3.37. The van der Waals surface area contributed by atoms with Crippen LogP contribution in [0.2, 0.25) is 0 Å². The maximum Gasteiger partial charge on any atom is 0.224 e. The van der Waals surface area contributed by atoms with Crippen LogP contribution in [0.15, 0.2) is 54.6 Å². The van der Waals surface area contributed by atoms with Crippen molar-refractivity contribution in [1.82, 2.24) is 10.2 Å². The summed E-state index contributed by atoms with van der Waals surface area (Å²) < 4.78 is 5.97. The first kappa shape index (κ1) is 19.0. The predicted molar refractivity (Wildman–Crippen MR) is 105 cm³/mol. The molecule has 0 radical (unpaired) electrons. The minimum Gasteiger partial charge on any atom is -0.457 e. The zero-order valence-electron chi connectivity index (χ0n) is 15.7. The van der Waals surface area contributed by atoms with Crippen molar-refractivity contribution in [2.75, 3.05) is 19.6 Å². The van der Waals surface area contributed by atoms with E-state index in [2.05, 4.69) is 5.32 Å². The van der Waals surface area contributed by atoms with Crippen molar-refractivity contribution in [3.63, 3.8) is 0 Å². The Morgan fingerprint density at radius 2 is 1.85 bits per heavy atom. The van der Waals surface area contributed by atoms with Crippen molar-refractivity contribution in [1.29, 1.82) is 0 Å². The number of rotatable bonds is 6. The molecule has 0 bridgehead atoms. The second kappa shape index (κ2) is 9.21. The number of amides is 2. The van der Waals surface area contributed by atoms with E-state index in [1.807, 2.05) is 54.6 Å². The first-order chi connectivity index (χ1) is 13.1. The van der Waals surface area contributed by atoms with Gasteiger partial charge in [-0.05, 0) is 43.0 Å². The molecule has 0 saturated carbocycles. The van der Waals surface area contributed by atoms with E-state index in [4.69, 9.17) is 4.74 Å². The summed E-state index contributed by atoms with van der Waals surface area (Å²) in [5, 5.41) is 3.02. The largest absolute Gasteiger partial charge is 0.457 e. The van der Waals surface area contributed by atoms with Crippen molar-refractivity contribution in [3.8, 4) is 11.5 Å². The monoisotopic (exact) mass is 366 g/mol. The molecule has 142 valence electrons. The van der Waals surface area contributed by atoms with Crippen molar-refractivity contribution in [2.24, 2.45) is 5.92 Å². The minimum absolute atomic E-state index is 0.0300. The molecule has 5 heteroatoms. The molecule has 1 N–H and O–H groups in total. The molecule has 1 heterocycles. The highest BCUT2D eigenvalue weighted by atomic mass is 16.5. The molecule has 1 fully saturated rings. The maximum absolute atomic E-state index is 12.5. The van der Waals surface area contributed by atoms with Gasteiger partial charge in [-0.1, -0.05) is 36.4 Å². The first-order valence-corrected chi connectivity index (χ1v) is 9.47. The van der Waals surface area contributed by atoms with Crippen molar-refractivity contribution >= 4 is 11.8 Å². The second-order valence-corrected chi connectivity index (χ2v) is 6.87. The lowest BCUT2D eigenvalue weighted by atomic mass is 9.97. The normalized spacial score (nSPS) is 16.6. The molecule has 5 nitrogen and oxygen atoms in total. The number of para-hydroxylation sites is 2. The number of nitrogens with zero attached hydrogens (tertiary/aromatic N) is 1. The molecule has 0 aromatic heterocycles. The minimum atomic E-state index is -0.113. The summed E-state index contributed by atoms with van der Waals surface area (Å²) in [5.74, 6) is 1.55. The lowest BCUT2D eigenvalue weighted by Gasteiger charge is -2.31. The van der Waals surface area contributed by atoms with Crippen LogP contribution in [0, 0.1) is 5.92 Å². The summed E-state index contributed by atoms with van der Waals surface area (Å²) in [4.78, 5) is 25.7. The second-order valence-electron chi connectivity index (χ2n) is 6.87. The van der Waals surface area contributed by atoms with Gasteiger partial charge in [0.05, 0.1) is 5.92 Å². The van der Waals surface area contributed by atoms with Gasteiger partial charge in [-0.25, -0.2) is 0 Å². The Labute approximate surface area is 160 Å². The number of likely N-dealkylation sites (tertiary alicyclic amines) is 1. The molecule has 1 unspecified atom stereocenters. The van der Waals surface area contributed by atoms with Crippen LogP contribution in [0.3, 0.4) is 0 Å². The third kappa shape index (κ3) is 5.33. The standard InChI is InChI=1S/C22H26N2O3/c1-17(25)24-15-7-9-19(16-24)22(26)23-14-13-18-8-5-6-12-21(18)27-20-10-3-2-4-11-20/h2-6,8,10-12,19H,7,9,13-16H2,1H3,(H,23,26). The number of hydrogen-bond acceptors (Lipinski definition) is 3. The Morgan fingerprint density at radius 1 is 1.11 bits per heavy atom. The van der Waals surface area contributed by atoms with E-state index in [9.17, 15) is 9.59 Å². The summed E-state index contributed by atoms with van der Waals surface area (Å²) in [5.41, 5.74) is 1.05. The predicted octanol–water partition coefficient (Wildman–Crippen LogP) is 3.40. The summed E-state index contributed by atoms with van der Waals surface area (Å²) in [6, 6.07) is 17.5. The van der Waals surface area contributed by atoms with Crippen LogP contribution in [-0.4, -0.2) is 36.3 Å². The topological polar surface area (TPSA) is 58.6 Å². The first-order valence-electron chi connectivity index (χ1n) is 9.47. The molecule has 2 aromatic rings. The number of nitrogens with one attached hydrogen (secondary N) is 1. The van der Waals surface area contributed by atoms with Crippen LogP contribution >= 0.6 is 0 Å². The van der Waals surface area contributed by atoms with Crippen molar-refractivity contribution in [2.45, 2.75) is 26.2 Å². The summed E-state index contributed by atoms with van der Waals surface area (Å²) in [6.45, 7) is 3.38. The maximum atomic E-state index is 12.5. The number of benzene rings is 2. The van der Waals surface area contributed by atoms with Crippen LogP contribution in [-0.2, 0) is 16.0 Å². The number of carbonyl (C=O) groups excluding carboxylic acids is 2. The molecule has 3 rings (SSSR count). The zero-order chi connectivity index (χ0) is 19.1. The van der Waals surface area contributed by atoms with Crippen molar-refractivity contribution < 1.29 is 14.3 Å². The fourth-order valence-corrected chi connectivity index (χ4v) is 3.37. The number of ether oxygens (including phenoxy) is 1. The highest BCUT2D eigenvalue weighted by Gasteiger charge is 2.26. The van der Waals surface area contributed by atoms with E-state index in [-0.39, 0.29) is 17.7 Å². The van der Waals surface area contributed by atoms with Crippen LogP contribution in [0.1, 0.15) is 25.3 Å². The van der Waals surface area contributed by atoms with Gasteiger partial charge in [-0.15, -0.1) is 0 Å². The van der Waals surface area contributed by atoms with Gasteiger partial charge in [0.15, 0.2) is 0 Å². The van der Waals surface area contributed by atoms with E-state index in [0.717, 1.165) is 36.4 Å². The van der Waals surface area contributed by atoms with Gasteiger partial charge in [0.25, 0.3) is 0 Å². The van der Waals surface area contributed by atoms with Crippen LogP contribution < -0.4 is 10.1 Å². The molecule has 2 amide bonds. The van der Waals surface area contributed by atoms with Crippen LogP contribution in [0.5, 0.6) is 11.5 Å². The van der Waals surface area contributed by atoms with Gasteiger partial charge in [0.1, 0.15) is 11.5 Å². The van der Waals surface area contributed by atoms with Gasteiger partial charge >= 0.3 is 0 Å². The molecule has 0 spiro atoms. The Balaban J connectivity index is 1.53. The molecule has 27 heavy (non-hydrogen) atoms. The van der Waals surface area contributed by atoms with Crippen LogP contribution in [0.25, 0.3) is 0 Å². The third-order valence-electron chi connectivity index (χ3n) is 4.87. The van der Waals surface area contributed by atoms with E-state index < -0.39 is 0 Å². The smallest absolute Gasteiger partial charge is 0.224 e. The van der Waals surface area contributed by atoms with E-state index >= 15 is 0 Å². The zero-order valence-corrected chi connectivity index (χ0v) is 15.7. The molecule has 0 aliphatic carbocycles. The average Bonchev–Trinajstić information content (AvgIpc) is 2.70. The molecule has 2 aromatic carbocycles. The molecule has 1 saturated heterocycles. The lowest BCUT2D eigenvalue weighted by molar-refractivity contribution is -0.133. The molecule has 1 atom stereocenters. The van der Waals surface area contributed by atoms with E-state index in [1.54, 1.807) is 11.8 Å². The number of carbonyl (C=O) groups is 2. The van der Waals surface area contributed by atoms with Gasteiger partial charge < -0.3 is 15.0 Å². The average molecular weight is 366 g/mol. The van der Waals surface area contributed by atoms with Gasteiger partial charge in [-0.3, -0.25) is 9.59 Å². The summed E-state index contributed by atoms with van der Waals surface area (Å²) in [7, 11) is 0. The van der Waals surface area contributed by atoms with E-state index in [1.165, 1.54) is 0 Å². The molecule has 1 aliphatic rings. The lowest BCUT2D eigenvalue weighted by Crippen LogP contribution is -2.45. The fraction of sp³-hybridized carbons (Fsp3) is 0.364. The number of piperidine rings is 1. The molecular weight excluding hydrogens is 340 g/mol. The van der Waals surface area contributed by atoms with Crippen molar-refractivity contribution in [3.05, 3.63) is 60.2 Å². The number of hydrogen-bond donors (Lipinski definition) is 1. The highest BCUT2D eigenvalue weighted by molar-refractivity contribution is 5.80. The third-order valence-corrected chi connectivity index (χ3v) is 4.87. The summed E-state index contributed by atoms with van der Waals surface area (Å²) in [6.07, 6.45) is 2.41. The van der Waals surface area contributed by atoms with Gasteiger partial charge in [0, 0.05) is 26.6 Å². The molecule has 1 aliphatic heterocycles. The van der Waals surface area contributed by atoms with Crippen LogP contribution in [0.4, 0.5) is 0 Å². The Morgan fingerprint density at radius 3 is 2.63 bits per heavy atom. The van der Waals surface area contributed by atoms with E-state index in [0.29, 0.717) is 19.5 Å². The Bertz CT molecular complexity index is 776. The SMILES string of the molecule is CC(=O)N1CCCC(C(=O)NCCc2ccccc2Oc2ccccc2)C1. The Hall–Kier alpha value is -2.82.